The van der Waals surface area contributed by atoms with Crippen molar-refractivity contribution in [2.24, 2.45) is 0 Å². The largest absolute Gasteiger partial charge is 0.334 e. The van der Waals surface area contributed by atoms with Gasteiger partial charge in [0.05, 0.1) is 10.2 Å². The lowest BCUT2D eigenvalue weighted by Gasteiger charge is -2.18. The number of hydrogen-bond acceptors (Lipinski definition) is 1. The highest BCUT2D eigenvalue weighted by atomic mass is 79.9. The molecule has 0 bridgehead atoms. The van der Waals surface area contributed by atoms with Crippen LogP contribution in [0.2, 0.25) is 0 Å². The fraction of sp³-hybridized carbons (Fsp3) is 0.188. The molecule has 0 saturated carbocycles. The van der Waals surface area contributed by atoms with E-state index < -0.39 is 23.5 Å². The molecule has 0 aromatic heterocycles. The molecule has 0 saturated heterocycles. The monoisotopic (exact) mass is 384 g/mol. The standard InChI is InChI=1S/C16H12BrF3N2O/c17-13-5-10-1-2-22(15(10)7-14(13)20)16(23)21-8-9-3-11(18)6-12(19)4-9/h3-7H,1-2,8H2,(H,21,23). The van der Waals surface area contributed by atoms with E-state index in [0.717, 1.165) is 23.8 Å². The number of anilines is 1. The second-order valence-corrected chi connectivity index (χ2v) is 6.09. The number of urea groups is 1. The van der Waals surface area contributed by atoms with Gasteiger partial charge in [-0.15, -0.1) is 0 Å². The molecule has 23 heavy (non-hydrogen) atoms. The lowest BCUT2D eigenvalue weighted by atomic mass is 10.2. The zero-order valence-corrected chi connectivity index (χ0v) is 13.5. The highest BCUT2D eigenvalue weighted by molar-refractivity contribution is 9.10. The Morgan fingerprint density at radius 3 is 2.52 bits per heavy atom. The van der Waals surface area contributed by atoms with Gasteiger partial charge in [-0.1, -0.05) is 0 Å². The number of amides is 2. The molecule has 1 aliphatic rings. The molecule has 7 heteroatoms. The average molecular weight is 385 g/mol. The molecule has 2 aromatic carbocycles. The van der Waals surface area contributed by atoms with E-state index in [1.165, 1.54) is 11.0 Å². The van der Waals surface area contributed by atoms with Crippen molar-refractivity contribution in [2.45, 2.75) is 13.0 Å². The van der Waals surface area contributed by atoms with Gasteiger partial charge in [0.25, 0.3) is 0 Å². The summed E-state index contributed by atoms with van der Waals surface area (Å²) in [5, 5.41) is 2.59. The van der Waals surface area contributed by atoms with Crippen molar-refractivity contribution in [2.75, 3.05) is 11.4 Å². The number of nitrogens with zero attached hydrogens (tertiary/aromatic N) is 1. The third kappa shape index (κ3) is 3.34. The summed E-state index contributed by atoms with van der Waals surface area (Å²) in [5.74, 6) is -1.85. The molecule has 1 heterocycles. The van der Waals surface area contributed by atoms with Gasteiger partial charge in [-0.25, -0.2) is 18.0 Å². The van der Waals surface area contributed by atoms with Crippen molar-refractivity contribution in [1.29, 1.82) is 0 Å². The Kier molecular flexibility index (Phi) is 4.30. The van der Waals surface area contributed by atoms with Crippen LogP contribution in [0.15, 0.2) is 34.8 Å². The predicted molar refractivity (Wildman–Crippen MR) is 83.7 cm³/mol. The Hall–Kier alpha value is -2.02. The van der Waals surface area contributed by atoms with Crippen LogP contribution in [0.5, 0.6) is 0 Å². The number of carbonyl (C=O) groups is 1. The molecule has 2 amide bonds. The van der Waals surface area contributed by atoms with Crippen LogP contribution >= 0.6 is 15.9 Å². The fourth-order valence-electron chi connectivity index (χ4n) is 2.58. The van der Waals surface area contributed by atoms with E-state index in [1.54, 1.807) is 6.07 Å². The quantitative estimate of drug-likeness (QED) is 0.828. The molecule has 3 nitrogen and oxygen atoms in total. The zero-order chi connectivity index (χ0) is 16.6. The molecule has 0 radical (unpaired) electrons. The van der Waals surface area contributed by atoms with Gasteiger partial charge in [0.1, 0.15) is 17.5 Å². The van der Waals surface area contributed by atoms with Crippen molar-refractivity contribution in [1.82, 2.24) is 5.32 Å². The maximum atomic E-state index is 13.7. The van der Waals surface area contributed by atoms with Crippen molar-refractivity contribution in [3.8, 4) is 0 Å². The van der Waals surface area contributed by atoms with E-state index in [9.17, 15) is 18.0 Å². The van der Waals surface area contributed by atoms with Gasteiger partial charge >= 0.3 is 6.03 Å². The molecule has 1 N–H and O–H groups in total. The molecule has 120 valence electrons. The molecule has 0 spiro atoms. The van der Waals surface area contributed by atoms with Crippen LogP contribution in [-0.4, -0.2) is 12.6 Å². The first kappa shape index (κ1) is 15.9. The summed E-state index contributed by atoms with van der Waals surface area (Å²) >= 11 is 3.12. The Morgan fingerprint density at radius 1 is 1.13 bits per heavy atom. The maximum Gasteiger partial charge on any atom is 0.322 e. The molecule has 2 aromatic rings. The first-order valence-electron chi connectivity index (χ1n) is 6.92. The van der Waals surface area contributed by atoms with Crippen LogP contribution in [0, 0.1) is 17.5 Å². The van der Waals surface area contributed by atoms with Gasteiger partial charge in [-0.3, -0.25) is 4.90 Å². The van der Waals surface area contributed by atoms with E-state index in [0.29, 0.717) is 28.7 Å². The van der Waals surface area contributed by atoms with Gasteiger partial charge in [0.15, 0.2) is 0 Å². The van der Waals surface area contributed by atoms with Crippen LogP contribution in [-0.2, 0) is 13.0 Å². The van der Waals surface area contributed by atoms with Crippen LogP contribution < -0.4 is 10.2 Å². The molecule has 0 unspecified atom stereocenters. The molecular weight excluding hydrogens is 373 g/mol. The predicted octanol–water partition coefficient (Wildman–Crippen LogP) is 4.14. The molecule has 0 aliphatic carbocycles. The number of carbonyl (C=O) groups excluding carboxylic acids is 1. The van der Waals surface area contributed by atoms with Crippen LogP contribution in [0.1, 0.15) is 11.1 Å². The first-order valence-corrected chi connectivity index (χ1v) is 7.71. The van der Waals surface area contributed by atoms with Gasteiger partial charge in [0.2, 0.25) is 0 Å². The summed E-state index contributed by atoms with van der Waals surface area (Å²) in [6.07, 6.45) is 0.621. The molecule has 0 atom stereocenters. The van der Waals surface area contributed by atoms with Crippen molar-refractivity contribution in [3.63, 3.8) is 0 Å². The zero-order valence-electron chi connectivity index (χ0n) is 11.9. The third-order valence-corrected chi connectivity index (χ3v) is 4.24. The van der Waals surface area contributed by atoms with Gasteiger partial charge < -0.3 is 5.32 Å². The number of halogens is 4. The Morgan fingerprint density at radius 2 is 1.83 bits per heavy atom. The number of fused-ring (bicyclic) bond motifs is 1. The lowest BCUT2D eigenvalue weighted by Crippen LogP contribution is -2.38. The maximum absolute atomic E-state index is 13.7. The van der Waals surface area contributed by atoms with E-state index >= 15 is 0 Å². The van der Waals surface area contributed by atoms with Crippen molar-refractivity contribution in [3.05, 3.63) is 63.4 Å². The number of benzene rings is 2. The Bertz CT molecular complexity index is 762. The summed E-state index contributed by atoms with van der Waals surface area (Å²) in [7, 11) is 0. The second-order valence-electron chi connectivity index (χ2n) is 5.23. The summed E-state index contributed by atoms with van der Waals surface area (Å²) in [6, 6.07) is 5.59. The number of rotatable bonds is 2. The molecule has 3 rings (SSSR count). The topological polar surface area (TPSA) is 32.3 Å². The van der Waals surface area contributed by atoms with Crippen molar-refractivity contribution < 1.29 is 18.0 Å². The minimum absolute atomic E-state index is 0.0155. The van der Waals surface area contributed by atoms with Gasteiger partial charge in [0, 0.05) is 19.2 Å². The fourth-order valence-corrected chi connectivity index (χ4v) is 2.97. The third-order valence-electron chi connectivity index (χ3n) is 3.63. The molecule has 0 fully saturated rings. The summed E-state index contributed by atoms with van der Waals surface area (Å²) in [5.41, 5.74) is 1.69. The van der Waals surface area contributed by atoms with E-state index in [-0.39, 0.29) is 6.54 Å². The van der Waals surface area contributed by atoms with Gasteiger partial charge in [-0.2, -0.15) is 0 Å². The van der Waals surface area contributed by atoms with Crippen molar-refractivity contribution >= 4 is 27.6 Å². The SMILES string of the molecule is O=C(NCc1cc(F)cc(F)c1)N1CCc2cc(Br)c(F)cc21. The number of nitrogens with one attached hydrogen (secondary N) is 1. The minimum atomic E-state index is -0.701. The first-order chi connectivity index (χ1) is 10.9. The highest BCUT2D eigenvalue weighted by Crippen LogP contribution is 2.32. The molecular formula is C16H12BrF3N2O. The van der Waals surface area contributed by atoms with E-state index in [1.807, 2.05) is 0 Å². The summed E-state index contributed by atoms with van der Waals surface area (Å²) < 4.78 is 40.3. The summed E-state index contributed by atoms with van der Waals surface area (Å²) in [4.78, 5) is 13.7. The lowest BCUT2D eigenvalue weighted by molar-refractivity contribution is 0.246. The smallest absolute Gasteiger partial charge is 0.322 e. The second kappa shape index (κ2) is 6.23. The van der Waals surface area contributed by atoms with Gasteiger partial charge in [-0.05, 0) is 57.7 Å². The van der Waals surface area contributed by atoms with Crippen LogP contribution in [0.25, 0.3) is 0 Å². The molecule has 1 aliphatic heterocycles. The number of hydrogen-bond donors (Lipinski definition) is 1. The minimum Gasteiger partial charge on any atom is -0.334 e. The van der Waals surface area contributed by atoms with E-state index in [2.05, 4.69) is 21.2 Å². The normalized spacial score (nSPS) is 13.1. The van der Waals surface area contributed by atoms with Crippen LogP contribution in [0.3, 0.4) is 0 Å². The highest BCUT2D eigenvalue weighted by Gasteiger charge is 2.26. The Balaban J connectivity index is 1.72. The average Bonchev–Trinajstić information content (AvgIpc) is 2.87. The van der Waals surface area contributed by atoms with E-state index in [4.69, 9.17) is 0 Å². The Labute approximate surface area is 139 Å². The van der Waals surface area contributed by atoms with Crippen LogP contribution in [0.4, 0.5) is 23.7 Å². The summed E-state index contributed by atoms with van der Waals surface area (Å²) in [6.45, 7) is 0.410.